The van der Waals surface area contributed by atoms with Crippen LogP contribution in [0.5, 0.6) is 0 Å². The summed E-state index contributed by atoms with van der Waals surface area (Å²) in [6, 6.07) is 14.6. The Balaban J connectivity index is 1.52. The summed E-state index contributed by atoms with van der Waals surface area (Å²) in [6.45, 7) is 4.06. The zero-order valence-electron chi connectivity index (χ0n) is 13.0. The number of pyridine rings is 1. The van der Waals surface area contributed by atoms with Gasteiger partial charge in [0.05, 0.1) is 10.6 Å². The van der Waals surface area contributed by atoms with E-state index in [4.69, 9.17) is 0 Å². The fraction of sp³-hybridized carbons (Fsp3) is 0.353. The Morgan fingerprint density at radius 1 is 0.913 bits per heavy atom. The summed E-state index contributed by atoms with van der Waals surface area (Å²) in [5, 5.41) is 0. The zero-order valence-corrected chi connectivity index (χ0v) is 13.8. The third kappa shape index (κ3) is 4.09. The van der Waals surface area contributed by atoms with Crippen molar-refractivity contribution in [1.29, 1.82) is 0 Å². The van der Waals surface area contributed by atoms with Crippen molar-refractivity contribution >= 4 is 15.7 Å². The lowest BCUT2D eigenvalue weighted by Gasteiger charge is -2.35. The van der Waals surface area contributed by atoms with Gasteiger partial charge in [0.25, 0.3) is 0 Å². The number of anilines is 1. The van der Waals surface area contributed by atoms with Crippen LogP contribution in [0, 0.1) is 0 Å². The summed E-state index contributed by atoms with van der Waals surface area (Å²) in [4.78, 5) is 9.22. The molecule has 1 aliphatic heterocycles. The van der Waals surface area contributed by atoms with Crippen molar-refractivity contribution < 1.29 is 8.42 Å². The highest BCUT2D eigenvalue weighted by atomic mass is 32.2. The highest BCUT2D eigenvalue weighted by Crippen LogP contribution is 2.14. The highest BCUT2D eigenvalue weighted by Gasteiger charge is 2.20. The van der Waals surface area contributed by atoms with Crippen LogP contribution in [0.1, 0.15) is 0 Å². The van der Waals surface area contributed by atoms with Gasteiger partial charge in [0, 0.05) is 38.9 Å². The first-order valence-electron chi connectivity index (χ1n) is 7.81. The zero-order chi connectivity index (χ0) is 16.1. The summed E-state index contributed by atoms with van der Waals surface area (Å²) in [6.07, 6.45) is 1.80. The lowest BCUT2D eigenvalue weighted by atomic mass is 10.3. The molecule has 0 atom stereocenters. The molecule has 2 aromatic rings. The highest BCUT2D eigenvalue weighted by molar-refractivity contribution is 7.91. The van der Waals surface area contributed by atoms with Crippen molar-refractivity contribution in [3.63, 3.8) is 0 Å². The van der Waals surface area contributed by atoms with Crippen molar-refractivity contribution in [3.8, 4) is 0 Å². The molecule has 1 aromatic carbocycles. The maximum Gasteiger partial charge on any atom is 0.179 e. The van der Waals surface area contributed by atoms with Crippen LogP contribution in [0.2, 0.25) is 0 Å². The van der Waals surface area contributed by atoms with E-state index in [1.165, 1.54) is 0 Å². The van der Waals surface area contributed by atoms with Crippen molar-refractivity contribution in [2.45, 2.75) is 4.90 Å². The van der Waals surface area contributed by atoms with Crippen LogP contribution >= 0.6 is 0 Å². The van der Waals surface area contributed by atoms with E-state index in [-0.39, 0.29) is 5.75 Å². The minimum absolute atomic E-state index is 0.167. The first-order chi connectivity index (χ1) is 11.1. The molecule has 0 aliphatic carbocycles. The summed E-state index contributed by atoms with van der Waals surface area (Å²) in [5.41, 5.74) is 0. The third-order valence-corrected chi connectivity index (χ3v) is 5.83. The van der Waals surface area contributed by atoms with Crippen LogP contribution in [-0.4, -0.2) is 56.8 Å². The minimum Gasteiger partial charge on any atom is -0.354 e. The number of rotatable bonds is 5. The van der Waals surface area contributed by atoms with E-state index in [1.807, 2.05) is 24.3 Å². The molecule has 5 nitrogen and oxygen atoms in total. The fourth-order valence-electron chi connectivity index (χ4n) is 2.74. The predicted octanol–water partition coefficient (Wildman–Crippen LogP) is 1.68. The van der Waals surface area contributed by atoms with Gasteiger partial charge in [-0.05, 0) is 24.3 Å². The van der Waals surface area contributed by atoms with Crippen LogP contribution in [0.25, 0.3) is 0 Å². The van der Waals surface area contributed by atoms with E-state index in [0.717, 1.165) is 32.0 Å². The quantitative estimate of drug-likeness (QED) is 0.834. The second-order valence-corrected chi connectivity index (χ2v) is 7.76. The van der Waals surface area contributed by atoms with E-state index < -0.39 is 9.84 Å². The molecule has 23 heavy (non-hydrogen) atoms. The molecule has 1 saturated heterocycles. The number of aromatic nitrogens is 1. The van der Waals surface area contributed by atoms with Gasteiger partial charge in [-0.2, -0.15) is 0 Å². The summed E-state index contributed by atoms with van der Waals surface area (Å²) in [5.74, 6) is 1.16. The Morgan fingerprint density at radius 3 is 2.26 bits per heavy atom. The van der Waals surface area contributed by atoms with Crippen LogP contribution in [0.4, 0.5) is 5.82 Å². The summed E-state index contributed by atoms with van der Waals surface area (Å²) >= 11 is 0. The molecular weight excluding hydrogens is 310 g/mol. The maximum atomic E-state index is 12.3. The summed E-state index contributed by atoms with van der Waals surface area (Å²) < 4.78 is 24.6. The van der Waals surface area contributed by atoms with Gasteiger partial charge >= 0.3 is 0 Å². The molecule has 0 bridgehead atoms. The number of nitrogens with zero attached hydrogens (tertiary/aromatic N) is 3. The third-order valence-electron chi connectivity index (χ3n) is 4.12. The molecule has 122 valence electrons. The van der Waals surface area contributed by atoms with Crippen LogP contribution in [-0.2, 0) is 9.84 Å². The standard InChI is InChI=1S/C17H21N3O2S/c21-23(22,16-6-2-1-3-7-16)15-14-19-10-12-20(13-11-19)17-8-4-5-9-18-17/h1-9H,10-15H2. The number of hydrogen-bond donors (Lipinski definition) is 0. The van der Waals surface area contributed by atoms with Gasteiger partial charge in [0.1, 0.15) is 5.82 Å². The second kappa shape index (κ2) is 7.10. The van der Waals surface area contributed by atoms with E-state index in [2.05, 4.69) is 14.8 Å². The monoisotopic (exact) mass is 331 g/mol. The molecule has 6 heteroatoms. The van der Waals surface area contributed by atoms with E-state index in [9.17, 15) is 8.42 Å². The van der Waals surface area contributed by atoms with Crippen molar-refractivity contribution in [1.82, 2.24) is 9.88 Å². The smallest absolute Gasteiger partial charge is 0.179 e. The van der Waals surface area contributed by atoms with Crippen LogP contribution in [0.3, 0.4) is 0 Å². The molecule has 0 N–H and O–H groups in total. The molecule has 2 heterocycles. The Morgan fingerprint density at radius 2 is 1.61 bits per heavy atom. The second-order valence-electron chi connectivity index (χ2n) is 5.65. The van der Waals surface area contributed by atoms with E-state index in [1.54, 1.807) is 30.5 Å². The first kappa shape index (κ1) is 16.0. The minimum atomic E-state index is -3.19. The number of sulfone groups is 1. The average Bonchev–Trinajstić information content (AvgIpc) is 2.62. The first-order valence-corrected chi connectivity index (χ1v) is 9.46. The molecular formula is C17H21N3O2S. The van der Waals surface area contributed by atoms with Gasteiger partial charge in [0.2, 0.25) is 0 Å². The molecule has 1 aliphatic rings. The van der Waals surface area contributed by atoms with Crippen LogP contribution < -0.4 is 4.90 Å². The molecule has 1 fully saturated rings. The fourth-order valence-corrected chi connectivity index (χ4v) is 4.04. The van der Waals surface area contributed by atoms with Gasteiger partial charge in [-0.25, -0.2) is 13.4 Å². The van der Waals surface area contributed by atoms with Crippen LogP contribution in [0.15, 0.2) is 59.6 Å². The van der Waals surface area contributed by atoms with E-state index >= 15 is 0 Å². The maximum absolute atomic E-state index is 12.3. The van der Waals surface area contributed by atoms with Gasteiger partial charge < -0.3 is 4.90 Å². The number of benzene rings is 1. The Labute approximate surface area is 137 Å². The average molecular weight is 331 g/mol. The van der Waals surface area contributed by atoms with E-state index in [0.29, 0.717) is 11.4 Å². The van der Waals surface area contributed by atoms with Gasteiger partial charge in [-0.1, -0.05) is 24.3 Å². The Hall–Kier alpha value is -1.92. The van der Waals surface area contributed by atoms with Crippen molar-refractivity contribution in [3.05, 3.63) is 54.7 Å². The molecule has 0 spiro atoms. The number of piperazine rings is 1. The summed E-state index contributed by atoms with van der Waals surface area (Å²) in [7, 11) is -3.19. The Bertz CT molecular complexity index is 712. The number of hydrogen-bond acceptors (Lipinski definition) is 5. The normalized spacial score (nSPS) is 16.4. The molecule has 3 rings (SSSR count). The topological polar surface area (TPSA) is 53.5 Å². The van der Waals surface area contributed by atoms with Gasteiger partial charge in [0.15, 0.2) is 9.84 Å². The molecule has 0 radical (unpaired) electrons. The van der Waals surface area contributed by atoms with Gasteiger partial charge in [-0.3, -0.25) is 4.90 Å². The molecule has 0 saturated carbocycles. The molecule has 1 aromatic heterocycles. The molecule has 0 unspecified atom stereocenters. The molecule has 0 amide bonds. The SMILES string of the molecule is O=S(=O)(CCN1CCN(c2ccccn2)CC1)c1ccccc1. The lowest BCUT2D eigenvalue weighted by molar-refractivity contribution is 0.271. The predicted molar refractivity (Wildman–Crippen MR) is 91.4 cm³/mol. The lowest BCUT2D eigenvalue weighted by Crippen LogP contribution is -2.47. The largest absolute Gasteiger partial charge is 0.354 e. The Kier molecular flexibility index (Phi) is 4.93. The van der Waals surface area contributed by atoms with Crippen molar-refractivity contribution in [2.24, 2.45) is 0 Å². The van der Waals surface area contributed by atoms with Gasteiger partial charge in [-0.15, -0.1) is 0 Å². The van der Waals surface area contributed by atoms with Crippen molar-refractivity contribution in [2.75, 3.05) is 43.4 Å².